The third-order valence-corrected chi connectivity index (χ3v) is 4.49. The van der Waals surface area contributed by atoms with Crippen LogP contribution in [-0.4, -0.2) is 21.2 Å². The Bertz CT molecular complexity index is 901. The number of hydrogen-bond donors (Lipinski definition) is 1. The van der Waals surface area contributed by atoms with Crippen LogP contribution in [0.25, 0.3) is 0 Å². The Morgan fingerprint density at radius 2 is 1.79 bits per heavy atom. The molecule has 0 radical (unpaired) electrons. The Labute approximate surface area is 152 Å². The van der Waals surface area contributed by atoms with Gasteiger partial charge >= 0.3 is 0 Å². The van der Waals surface area contributed by atoms with Crippen LogP contribution in [0.15, 0.2) is 60.9 Å². The summed E-state index contributed by atoms with van der Waals surface area (Å²) in [4.78, 5) is 28.7. The van der Waals surface area contributed by atoms with Gasteiger partial charge in [0.05, 0.1) is 5.56 Å². The number of aromatic nitrogens is 2. The Morgan fingerprint density at radius 3 is 2.42 bits per heavy atom. The SMILES string of the molecule is Cn1ccnc1C(=O)c1ccc(NC(=O)c2ccccc2I)cc1. The number of carbonyl (C=O) groups excluding carboxylic acids is 2. The summed E-state index contributed by atoms with van der Waals surface area (Å²) in [6, 6.07) is 14.2. The quantitative estimate of drug-likeness (QED) is 0.508. The van der Waals surface area contributed by atoms with Gasteiger partial charge in [0.2, 0.25) is 5.78 Å². The normalized spacial score (nSPS) is 10.4. The molecule has 0 saturated carbocycles. The number of anilines is 1. The van der Waals surface area contributed by atoms with E-state index in [2.05, 4.69) is 32.9 Å². The lowest BCUT2D eigenvalue weighted by atomic mass is 10.1. The van der Waals surface area contributed by atoms with Crippen LogP contribution < -0.4 is 5.32 Å². The van der Waals surface area contributed by atoms with Crippen LogP contribution in [0, 0.1) is 3.57 Å². The molecular weight excluding hydrogens is 417 g/mol. The van der Waals surface area contributed by atoms with Gasteiger partial charge in [0.25, 0.3) is 5.91 Å². The van der Waals surface area contributed by atoms with Gasteiger partial charge in [-0.15, -0.1) is 0 Å². The summed E-state index contributed by atoms with van der Waals surface area (Å²) in [7, 11) is 1.77. The number of imidazole rings is 1. The van der Waals surface area contributed by atoms with Gasteiger partial charge in [-0.05, 0) is 59.0 Å². The van der Waals surface area contributed by atoms with Crippen LogP contribution in [0.5, 0.6) is 0 Å². The predicted molar refractivity (Wildman–Crippen MR) is 100 cm³/mol. The number of benzene rings is 2. The first kappa shape index (κ1) is 16.4. The highest BCUT2D eigenvalue weighted by Crippen LogP contribution is 2.16. The first-order valence-electron chi connectivity index (χ1n) is 7.24. The largest absolute Gasteiger partial charge is 0.331 e. The number of halogens is 1. The van der Waals surface area contributed by atoms with E-state index < -0.39 is 0 Å². The zero-order chi connectivity index (χ0) is 17.1. The van der Waals surface area contributed by atoms with Crippen molar-refractivity contribution in [2.24, 2.45) is 7.05 Å². The Balaban J connectivity index is 1.76. The number of nitrogens with zero attached hydrogens (tertiary/aromatic N) is 2. The first-order valence-corrected chi connectivity index (χ1v) is 8.32. The van der Waals surface area contributed by atoms with Crippen molar-refractivity contribution in [2.75, 3.05) is 5.32 Å². The van der Waals surface area contributed by atoms with E-state index in [0.29, 0.717) is 22.6 Å². The number of aryl methyl sites for hydroxylation is 1. The molecule has 0 saturated heterocycles. The second-order valence-electron chi connectivity index (χ2n) is 5.20. The summed E-state index contributed by atoms with van der Waals surface area (Å²) in [5.41, 5.74) is 1.78. The molecule has 3 rings (SSSR count). The van der Waals surface area contributed by atoms with E-state index in [1.807, 2.05) is 18.2 Å². The van der Waals surface area contributed by atoms with Crippen molar-refractivity contribution in [1.29, 1.82) is 0 Å². The fourth-order valence-electron chi connectivity index (χ4n) is 2.26. The second kappa shape index (κ2) is 6.96. The summed E-state index contributed by atoms with van der Waals surface area (Å²) in [6.45, 7) is 0. The molecule has 5 nitrogen and oxygen atoms in total. The lowest BCUT2D eigenvalue weighted by Gasteiger charge is -2.08. The molecule has 0 unspecified atom stereocenters. The molecule has 0 aliphatic heterocycles. The zero-order valence-electron chi connectivity index (χ0n) is 12.9. The Kier molecular flexibility index (Phi) is 4.75. The molecule has 24 heavy (non-hydrogen) atoms. The van der Waals surface area contributed by atoms with Gasteiger partial charge in [-0.25, -0.2) is 4.98 Å². The zero-order valence-corrected chi connectivity index (χ0v) is 15.0. The fourth-order valence-corrected chi connectivity index (χ4v) is 2.89. The molecule has 0 aliphatic rings. The molecule has 0 spiro atoms. The number of rotatable bonds is 4. The summed E-state index contributed by atoms with van der Waals surface area (Å²) < 4.78 is 2.56. The van der Waals surface area contributed by atoms with Crippen LogP contribution in [0.3, 0.4) is 0 Å². The maximum atomic E-state index is 12.4. The van der Waals surface area contributed by atoms with E-state index in [-0.39, 0.29) is 11.7 Å². The lowest BCUT2D eigenvalue weighted by molar-refractivity contribution is 0.101. The summed E-state index contributed by atoms with van der Waals surface area (Å²) >= 11 is 2.13. The minimum absolute atomic E-state index is 0.155. The standard InChI is InChI=1S/C18H14IN3O2/c1-22-11-10-20-17(22)16(23)12-6-8-13(9-7-12)21-18(24)14-4-2-3-5-15(14)19/h2-11H,1H3,(H,21,24). The molecule has 2 aromatic carbocycles. The van der Waals surface area contributed by atoms with Crippen LogP contribution in [-0.2, 0) is 7.05 Å². The second-order valence-corrected chi connectivity index (χ2v) is 6.36. The van der Waals surface area contributed by atoms with Gasteiger partial charge in [-0.3, -0.25) is 9.59 Å². The van der Waals surface area contributed by atoms with Crippen molar-refractivity contribution in [2.45, 2.75) is 0 Å². The molecule has 1 heterocycles. The Morgan fingerprint density at radius 1 is 1.08 bits per heavy atom. The van der Waals surface area contributed by atoms with Crippen molar-refractivity contribution in [3.63, 3.8) is 0 Å². The summed E-state index contributed by atoms with van der Waals surface area (Å²) in [5.74, 6) is 0.0480. The molecular formula is C18H14IN3O2. The molecule has 0 bridgehead atoms. The van der Waals surface area contributed by atoms with Crippen molar-refractivity contribution >= 4 is 40.0 Å². The van der Waals surface area contributed by atoms with E-state index in [4.69, 9.17) is 0 Å². The number of nitrogens with one attached hydrogen (secondary N) is 1. The maximum Gasteiger partial charge on any atom is 0.256 e. The van der Waals surface area contributed by atoms with Crippen molar-refractivity contribution in [3.8, 4) is 0 Å². The topological polar surface area (TPSA) is 64.0 Å². The lowest BCUT2D eigenvalue weighted by Crippen LogP contribution is -2.13. The van der Waals surface area contributed by atoms with Gasteiger partial charge in [0.15, 0.2) is 5.82 Å². The molecule has 0 aliphatic carbocycles. The average Bonchev–Trinajstić information content (AvgIpc) is 3.01. The van der Waals surface area contributed by atoms with E-state index in [0.717, 1.165) is 3.57 Å². The minimum atomic E-state index is -0.178. The summed E-state index contributed by atoms with van der Waals surface area (Å²) in [6.07, 6.45) is 3.31. The van der Waals surface area contributed by atoms with Crippen LogP contribution in [0.2, 0.25) is 0 Å². The van der Waals surface area contributed by atoms with Crippen molar-refractivity contribution in [3.05, 3.63) is 81.4 Å². The molecule has 0 fully saturated rings. The molecule has 0 atom stereocenters. The van der Waals surface area contributed by atoms with Gasteiger partial charge in [0.1, 0.15) is 0 Å². The number of ketones is 1. The molecule has 120 valence electrons. The molecule has 3 aromatic rings. The van der Waals surface area contributed by atoms with E-state index in [1.54, 1.807) is 54.3 Å². The number of carbonyl (C=O) groups is 2. The molecule has 1 aromatic heterocycles. The fraction of sp³-hybridized carbons (Fsp3) is 0.0556. The van der Waals surface area contributed by atoms with Crippen molar-refractivity contribution < 1.29 is 9.59 Å². The number of hydrogen-bond acceptors (Lipinski definition) is 3. The minimum Gasteiger partial charge on any atom is -0.331 e. The monoisotopic (exact) mass is 431 g/mol. The van der Waals surface area contributed by atoms with E-state index in [9.17, 15) is 9.59 Å². The smallest absolute Gasteiger partial charge is 0.256 e. The van der Waals surface area contributed by atoms with E-state index >= 15 is 0 Å². The van der Waals surface area contributed by atoms with Gasteiger partial charge in [-0.2, -0.15) is 0 Å². The Hall–Kier alpha value is -2.48. The van der Waals surface area contributed by atoms with E-state index in [1.165, 1.54) is 0 Å². The highest BCUT2D eigenvalue weighted by atomic mass is 127. The third-order valence-electron chi connectivity index (χ3n) is 3.55. The van der Waals surface area contributed by atoms with Gasteiger partial charge < -0.3 is 9.88 Å². The first-order chi connectivity index (χ1) is 11.6. The predicted octanol–water partition coefficient (Wildman–Crippen LogP) is 3.51. The van der Waals surface area contributed by atoms with Crippen LogP contribution in [0.4, 0.5) is 5.69 Å². The summed E-state index contributed by atoms with van der Waals surface area (Å²) in [5, 5.41) is 2.84. The van der Waals surface area contributed by atoms with Crippen LogP contribution in [0.1, 0.15) is 26.5 Å². The molecule has 6 heteroatoms. The maximum absolute atomic E-state index is 12.4. The van der Waals surface area contributed by atoms with Gasteiger partial charge in [0, 0.05) is 34.3 Å². The molecule has 1 amide bonds. The highest BCUT2D eigenvalue weighted by Gasteiger charge is 2.14. The van der Waals surface area contributed by atoms with Gasteiger partial charge in [-0.1, -0.05) is 12.1 Å². The number of amides is 1. The molecule has 1 N–H and O–H groups in total. The highest BCUT2D eigenvalue weighted by molar-refractivity contribution is 14.1. The average molecular weight is 431 g/mol. The third kappa shape index (κ3) is 3.38. The van der Waals surface area contributed by atoms with Crippen molar-refractivity contribution in [1.82, 2.24) is 9.55 Å². The van der Waals surface area contributed by atoms with Crippen LogP contribution >= 0.6 is 22.6 Å².